The van der Waals surface area contributed by atoms with Crippen molar-refractivity contribution in [1.82, 2.24) is 5.32 Å². The van der Waals surface area contributed by atoms with Gasteiger partial charge in [0.2, 0.25) is 5.91 Å². The maximum absolute atomic E-state index is 14.6. The van der Waals surface area contributed by atoms with E-state index in [4.69, 9.17) is 4.74 Å². The van der Waals surface area contributed by atoms with Gasteiger partial charge in [0.1, 0.15) is 21.8 Å². The van der Waals surface area contributed by atoms with Crippen LogP contribution in [-0.2, 0) is 27.2 Å². The van der Waals surface area contributed by atoms with Gasteiger partial charge < -0.3 is 20.7 Å². The summed E-state index contributed by atoms with van der Waals surface area (Å²) in [5, 5.41) is 8.29. The van der Waals surface area contributed by atoms with Crippen molar-refractivity contribution >= 4 is 63.6 Å². The number of fused-ring (bicyclic) bond motifs is 1. The molecule has 5 aromatic rings. The maximum atomic E-state index is 14.6. The number of hydrogen-bond acceptors (Lipinski definition) is 7. The molecule has 0 bridgehead atoms. The second-order valence-corrected chi connectivity index (χ2v) is 14.7. The number of rotatable bonds is 11. The van der Waals surface area contributed by atoms with Crippen molar-refractivity contribution in [3.8, 4) is 0 Å². The zero-order chi connectivity index (χ0) is 37.2. The Hall–Kier alpha value is -5.52. The van der Waals surface area contributed by atoms with E-state index in [0.717, 1.165) is 54.5 Å². The summed E-state index contributed by atoms with van der Waals surface area (Å²) in [7, 11) is 1.35. The third kappa shape index (κ3) is 9.48. The molecule has 3 amide bonds. The molecule has 0 spiro atoms. The van der Waals surface area contributed by atoms with Crippen molar-refractivity contribution in [2.24, 2.45) is 0 Å². The Kier molecular flexibility index (Phi) is 12.5. The third-order valence-electron chi connectivity index (χ3n) is 8.72. The first-order valence-corrected chi connectivity index (χ1v) is 19.0. The smallest absolute Gasteiger partial charge is 0.341 e. The highest BCUT2D eigenvalue weighted by atomic mass is 32.2. The number of carbonyl (C=O) groups excluding carboxylic acids is 4. The molecule has 1 aliphatic carbocycles. The van der Waals surface area contributed by atoms with E-state index >= 15 is 0 Å². The SMILES string of the molecule is COC(=O)c1c(NC(=O)C(Sc2cccc(NC(=O)/C(=C/c3ccccc3F)NC(=O)c3ccccc3)c2)c2ccccc2)sc2c1CCCCCC2. The Morgan fingerprint density at radius 1 is 0.811 bits per heavy atom. The second kappa shape index (κ2) is 17.8. The summed E-state index contributed by atoms with van der Waals surface area (Å²) in [6.07, 6.45) is 7.11. The number of esters is 1. The Labute approximate surface area is 315 Å². The van der Waals surface area contributed by atoms with Gasteiger partial charge in [-0.15, -0.1) is 23.1 Å². The summed E-state index contributed by atoms with van der Waals surface area (Å²) in [5.74, 6) is -2.52. The number of carbonyl (C=O) groups is 4. The van der Waals surface area contributed by atoms with Crippen LogP contribution in [0.4, 0.5) is 15.1 Å². The molecule has 0 fully saturated rings. The fraction of sp³-hybridized carbons (Fsp3) is 0.190. The number of halogens is 1. The van der Waals surface area contributed by atoms with Gasteiger partial charge in [-0.05, 0) is 79.3 Å². The summed E-state index contributed by atoms with van der Waals surface area (Å²) >= 11 is 2.73. The van der Waals surface area contributed by atoms with Gasteiger partial charge >= 0.3 is 5.97 Å². The van der Waals surface area contributed by atoms with Crippen LogP contribution in [0, 0.1) is 5.82 Å². The molecule has 11 heteroatoms. The molecule has 1 atom stereocenters. The van der Waals surface area contributed by atoms with Gasteiger partial charge in [-0.25, -0.2) is 9.18 Å². The van der Waals surface area contributed by atoms with Gasteiger partial charge in [-0.1, -0.05) is 85.6 Å². The molecule has 6 rings (SSSR count). The number of anilines is 2. The molecule has 53 heavy (non-hydrogen) atoms. The van der Waals surface area contributed by atoms with Gasteiger partial charge in [0.15, 0.2) is 0 Å². The lowest BCUT2D eigenvalue weighted by Crippen LogP contribution is -2.30. The van der Waals surface area contributed by atoms with Crippen molar-refractivity contribution in [1.29, 1.82) is 0 Å². The molecule has 270 valence electrons. The highest BCUT2D eigenvalue weighted by molar-refractivity contribution is 8.00. The van der Waals surface area contributed by atoms with Crippen LogP contribution >= 0.6 is 23.1 Å². The van der Waals surface area contributed by atoms with Gasteiger partial charge in [-0.2, -0.15) is 0 Å². The molecular weight excluding hydrogens is 710 g/mol. The molecule has 0 aliphatic heterocycles. The predicted octanol–water partition coefficient (Wildman–Crippen LogP) is 9.21. The summed E-state index contributed by atoms with van der Waals surface area (Å²) in [6, 6.07) is 30.7. The van der Waals surface area contributed by atoms with E-state index in [2.05, 4.69) is 16.0 Å². The third-order valence-corrected chi connectivity index (χ3v) is 11.2. The molecule has 4 aromatic carbocycles. The van der Waals surface area contributed by atoms with Crippen LogP contribution in [0.3, 0.4) is 0 Å². The summed E-state index contributed by atoms with van der Waals surface area (Å²) in [5.41, 5.74) is 2.84. The van der Waals surface area contributed by atoms with Gasteiger partial charge in [0, 0.05) is 26.6 Å². The minimum Gasteiger partial charge on any atom is -0.465 e. The molecule has 1 heterocycles. The van der Waals surface area contributed by atoms with E-state index in [1.54, 1.807) is 54.6 Å². The van der Waals surface area contributed by atoms with Crippen molar-refractivity contribution < 1.29 is 28.3 Å². The van der Waals surface area contributed by atoms with E-state index in [-0.39, 0.29) is 17.2 Å². The Bertz CT molecular complexity index is 2140. The fourth-order valence-electron chi connectivity index (χ4n) is 6.08. The van der Waals surface area contributed by atoms with Crippen LogP contribution in [0.15, 0.2) is 120 Å². The van der Waals surface area contributed by atoms with Crippen LogP contribution < -0.4 is 16.0 Å². The fourth-order valence-corrected chi connectivity index (χ4v) is 8.44. The minimum absolute atomic E-state index is 0.125. The quantitative estimate of drug-likeness (QED) is 0.0706. The molecular formula is C42H38FN3O5S2. The molecule has 1 unspecified atom stereocenters. The highest BCUT2D eigenvalue weighted by Crippen LogP contribution is 2.41. The lowest BCUT2D eigenvalue weighted by atomic mass is 9.96. The number of benzene rings is 4. The predicted molar refractivity (Wildman–Crippen MR) is 209 cm³/mol. The van der Waals surface area contributed by atoms with Crippen molar-refractivity contribution in [2.45, 2.75) is 48.7 Å². The number of thiophene rings is 1. The average molecular weight is 748 g/mol. The zero-order valence-corrected chi connectivity index (χ0v) is 30.7. The normalized spacial score (nSPS) is 13.4. The number of hydrogen-bond donors (Lipinski definition) is 3. The maximum Gasteiger partial charge on any atom is 0.341 e. The van der Waals surface area contributed by atoms with E-state index in [0.29, 0.717) is 26.7 Å². The van der Waals surface area contributed by atoms with E-state index in [1.165, 1.54) is 54.5 Å². The van der Waals surface area contributed by atoms with Crippen LogP contribution in [-0.4, -0.2) is 30.8 Å². The summed E-state index contributed by atoms with van der Waals surface area (Å²) in [6.45, 7) is 0. The number of nitrogens with one attached hydrogen (secondary N) is 3. The van der Waals surface area contributed by atoms with Crippen LogP contribution in [0.25, 0.3) is 6.08 Å². The summed E-state index contributed by atoms with van der Waals surface area (Å²) < 4.78 is 19.8. The molecule has 3 N–H and O–H groups in total. The Balaban J connectivity index is 1.25. The van der Waals surface area contributed by atoms with Crippen molar-refractivity contribution in [2.75, 3.05) is 17.7 Å². The van der Waals surface area contributed by atoms with E-state index in [1.807, 2.05) is 36.4 Å². The molecule has 1 aliphatic rings. The molecule has 0 saturated carbocycles. The first-order valence-electron chi connectivity index (χ1n) is 17.3. The minimum atomic E-state index is -0.723. The first kappa shape index (κ1) is 37.2. The lowest BCUT2D eigenvalue weighted by Gasteiger charge is -2.18. The van der Waals surface area contributed by atoms with Gasteiger partial charge in [-0.3, -0.25) is 14.4 Å². The number of thioether (sulfide) groups is 1. The molecule has 0 radical (unpaired) electrons. The molecule has 1 aromatic heterocycles. The largest absolute Gasteiger partial charge is 0.465 e. The monoisotopic (exact) mass is 747 g/mol. The molecule has 0 saturated heterocycles. The number of methoxy groups -OCH3 is 1. The lowest BCUT2D eigenvalue weighted by molar-refractivity contribution is -0.116. The Morgan fingerprint density at radius 3 is 2.25 bits per heavy atom. The Morgan fingerprint density at radius 2 is 1.51 bits per heavy atom. The highest BCUT2D eigenvalue weighted by Gasteiger charge is 2.29. The van der Waals surface area contributed by atoms with Crippen molar-refractivity contribution in [3.05, 3.63) is 153 Å². The standard InChI is InChI=1S/C42H38FN3O5S2/c1-51-42(50)36-32-22-10-2-3-11-24-35(32)53-41(36)46-40(49)37(27-15-6-4-7-16-27)52-31-21-14-20-30(26-31)44-39(48)34(25-29-19-12-13-23-33(29)43)45-38(47)28-17-8-5-9-18-28/h4-9,12-21,23,25-26,37H,2-3,10-11,22,24H2,1H3,(H,44,48)(H,45,47)(H,46,49)/b34-25-. The first-order chi connectivity index (χ1) is 25.8. The van der Waals surface area contributed by atoms with Crippen LogP contribution in [0.2, 0.25) is 0 Å². The van der Waals surface area contributed by atoms with Crippen LogP contribution in [0.5, 0.6) is 0 Å². The van der Waals surface area contributed by atoms with E-state index < -0.39 is 28.9 Å². The average Bonchev–Trinajstić information content (AvgIpc) is 3.49. The topological polar surface area (TPSA) is 114 Å². The van der Waals surface area contributed by atoms with Crippen molar-refractivity contribution in [3.63, 3.8) is 0 Å². The number of aryl methyl sites for hydroxylation is 1. The van der Waals surface area contributed by atoms with Gasteiger partial charge in [0.25, 0.3) is 11.8 Å². The second-order valence-electron chi connectivity index (χ2n) is 12.4. The zero-order valence-electron chi connectivity index (χ0n) is 29.0. The van der Waals surface area contributed by atoms with Gasteiger partial charge in [0.05, 0.1) is 12.7 Å². The summed E-state index contributed by atoms with van der Waals surface area (Å²) in [4.78, 5) is 55.7. The van der Waals surface area contributed by atoms with E-state index in [9.17, 15) is 23.6 Å². The van der Waals surface area contributed by atoms with Crippen LogP contribution in [0.1, 0.15) is 73.2 Å². The molecule has 8 nitrogen and oxygen atoms in total. The number of amides is 3. The number of ether oxygens (including phenoxy) is 1.